The van der Waals surface area contributed by atoms with Gasteiger partial charge in [0.25, 0.3) is 0 Å². The highest BCUT2D eigenvalue weighted by Gasteiger charge is 2.23. The molecule has 1 aliphatic rings. The second-order valence-corrected chi connectivity index (χ2v) is 4.56. The number of anilines is 1. The molecular formula is C15H14N2O2. The highest BCUT2D eigenvalue weighted by atomic mass is 16.5. The van der Waals surface area contributed by atoms with Gasteiger partial charge in [0.05, 0.1) is 0 Å². The Morgan fingerprint density at radius 1 is 1.37 bits per heavy atom. The summed E-state index contributed by atoms with van der Waals surface area (Å²) in [5, 5.41) is 0. The molecule has 0 atom stereocenters. The fourth-order valence-electron chi connectivity index (χ4n) is 2.11. The summed E-state index contributed by atoms with van der Waals surface area (Å²) in [5.74, 6) is 1.48. The Bertz CT molecular complexity index is 611. The van der Waals surface area contributed by atoms with E-state index in [-0.39, 0.29) is 5.78 Å². The number of carbonyl (C=O) groups excluding carboxylic acids is 1. The maximum atomic E-state index is 11.3. The van der Waals surface area contributed by atoms with Crippen LogP contribution in [0, 0.1) is 0 Å². The van der Waals surface area contributed by atoms with Crippen molar-refractivity contribution in [3.05, 3.63) is 53.7 Å². The van der Waals surface area contributed by atoms with Gasteiger partial charge in [-0.3, -0.25) is 4.79 Å². The van der Waals surface area contributed by atoms with E-state index in [1.54, 1.807) is 12.3 Å². The van der Waals surface area contributed by atoms with Crippen LogP contribution in [0.15, 0.2) is 42.6 Å². The highest BCUT2D eigenvalue weighted by molar-refractivity contribution is 5.94. The number of rotatable bonds is 3. The van der Waals surface area contributed by atoms with Crippen molar-refractivity contribution < 1.29 is 9.53 Å². The van der Waals surface area contributed by atoms with Gasteiger partial charge in [-0.2, -0.15) is 0 Å². The lowest BCUT2D eigenvalue weighted by Gasteiger charge is -2.15. The molecule has 0 saturated heterocycles. The van der Waals surface area contributed by atoms with Crippen molar-refractivity contribution in [2.24, 2.45) is 0 Å². The van der Waals surface area contributed by atoms with E-state index in [4.69, 9.17) is 4.74 Å². The fourth-order valence-corrected chi connectivity index (χ4v) is 2.11. The van der Waals surface area contributed by atoms with E-state index < -0.39 is 0 Å². The minimum atomic E-state index is 0.000379. The highest BCUT2D eigenvalue weighted by Crippen LogP contribution is 2.33. The molecule has 4 nitrogen and oxygen atoms in total. The molecule has 2 aromatic rings. The topological polar surface area (TPSA) is 42.4 Å². The van der Waals surface area contributed by atoms with Gasteiger partial charge in [-0.15, -0.1) is 0 Å². The lowest BCUT2D eigenvalue weighted by atomic mass is 10.2. The zero-order chi connectivity index (χ0) is 13.2. The Kier molecular flexibility index (Phi) is 2.91. The van der Waals surface area contributed by atoms with Crippen LogP contribution >= 0.6 is 0 Å². The molecule has 1 aromatic heterocycles. The molecule has 0 radical (unpaired) electrons. The van der Waals surface area contributed by atoms with Crippen LogP contribution in [0.3, 0.4) is 0 Å². The van der Waals surface area contributed by atoms with Crippen LogP contribution in [0.2, 0.25) is 0 Å². The van der Waals surface area contributed by atoms with Gasteiger partial charge in [-0.1, -0.05) is 30.3 Å². The number of benzene rings is 1. The van der Waals surface area contributed by atoms with Gasteiger partial charge >= 0.3 is 0 Å². The summed E-state index contributed by atoms with van der Waals surface area (Å²) in [5.41, 5.74) is 1.79. The van der Waals surface area contributed by atoms with E-state index in [0.717, 1.165) is 12.4 Å². The van der Waals surface area contributed by atoms with E-state index in [1.807, 2.05) is 18.2 Å². The van der Waals surface area contributed by atoms with Gasteiger partial charge in [-0.25, -0.2) is 4.98 Å². The Hall–Kier alpha value is -2.36. The molecule has 0 saturated carbocycles. The Labute approximate surface area is 111 Å². The number of Topliss-reactive ketones (excluding diaryl/α,β-unsaturated/α-hetero) is 1. The third-order valence-electron chi connectivity index (χ3n) is 3.13. The first-order chi connectivity index (χ1) is 9.24. The summed E-state index contributed by atoms with van der Waals surface area (Å²) in [4.78, 5) is 17.7. The van der Waals surface area contributed by atoms with Gasteiger partial charge in [0, 0.05) is 18.3 Å². The van der Waals surface area contributed by atoms with Crippen LogP contribution in [-0.4, -0.2) is 17.5 Å². The molecule has 0 spiro atoms. The number of carbonyl (C=O) groups is 1. The smallest absolute Gasteiger partial charge is 0.174 e. The normalized spacial score (nSPS) is 13.0. The zero-order valence-electron chi connectivity index (χ0n) is 10.7. The summed E-state index contributed by atoms with van der Waals surface area (Å²) < 4.78 is 5.59. The largest absolute Gasteiger partial charge is 0.469 e. The van der Waals surface area contributed by atoms with Crippen LogP contribution < -0.4 is 9.64 Å². The average Bonchev–Trinajstić information content (AvgIpc) is 2.82. The number of hydrogen-bond donors (Lipinski definition) is 0. The summed E-state index contributed by atoms with van der Waals surface area (Å²) in [6, 6.07) is 11.9. The van der Waals surface area contributed by atoms with Gasteiger partial charge in [0.1, 0.15) is 0 Å². The lowest BCUT2D eigenvalue weighted by Crippen LogP contribution is -2.21. The maximum absolute atomic E-state index is 11.3. The second kappa shape index (κ2) is 4.72. The van der Waals surface area contributed by atoms with Crippen molar-refractivity contribution in [1.82, 2.24) is 4.98 Å². The maximum Gasteiger partial charge on any atom is 0.174 e. The Balaban J connectivity index is 1.84. The predicted octanol–water partition coefficient (Wildman–Crippen LogP) is 2.64. The molecule has 0 bridgehead atoms. The van der Waals surface area contributed by atoms with E-state index >= 15 is 0 Å². The van der Waals surface area contributed by atoms with Crippen molar-refractivity contribution >= 4 is 11.6 Å². The number of ether oxygens (including phenoxy) is 1. The molecule has 3 rings (SSSR count). The molecule has 0 N–H and O–H groups in total. The number of aromatic nitrogens is 1. The van der Waals surface area contributed by atoms with Crippen molar-refractivity contribution in [2.75, 3.05) is 11.6 Å². The molecule has 0 aliphatic carbocycles. The van der Waals surface area contributed by atoms with Gasteiger partial charge in [-0.05, 0) is 18.6 Å². The first kappa shape index (κ1) is 11.7. The number of pyridine rings is 1. The van der Waals surface area contributed by atoms with Crippen LogP contribution in [0.25, 0.3) is 0 Å². The monoisotopic (exact) mass is 254 g/mol. The third kappa shape index (κ3) is 2.29. The molecule has 4 heteroatoms. The molecule has 1 aliphatic heterocycles. The predicted molar refractivity (Wildman–Crippen MR) is 72.4 cm³/mol. The summed E-state index contributed by atoms with van der Waals surface area (Å²) in [6.07, 6.45) is 1.60. The van der Waals surface area contributed by atoms with E-state index in [1.165, 1.54) is 12.5 Å². The Morgan fingerprint density at radius 2 is 2.16 bits per heavy atom. The van der Waals surface area contributed by atoms with Crippen LogP contribution in [0.1, 0.15) is 22.8 Å². The molecule has 19 heavy (non-hydrogen) atoms. The van der Waals surface area contributed by atoms with Crippen molar-refractivity contribution in [2.45, 2.75) is 13.5 Å². The second-order valence-electron chi connectivity index (χ2n) is 4.56. The first-order valence-electron chi connectivity index (χ1n) is 6.17. The molecule has 96 valence electrons. The van der Waals surface area contributed by atoms with Gasteiger partial charge < -0.3 is 9.64 Å². The molecule has 1 aromatic carbocycles. The summed E-state index contributed by atoms with van der Waals surface area (Å²) in [7, 11) is 0. The third-order valence-corrected chi connectivity index (χ3v) is 3.13. The van der Waals surface area contributed by atoms with Crippen LogP contribution in [0.4, 0.5) is 5.82 Å². The SMILES string of the molecule is CC(=O)c1cnc2c(c1)OCN2Cc1ccccc1. The number of nitrogens with zero attached hydrogens (tertiary/aromatic N) is 2. The first-order valence-corrected chi connectivity index (χ1v) is 6.17. The van der Waals surface area contributed by atoms with Crippen LogP contribution in [-0.2, 0) is 6.54 Å². The molecule has 0 fully saturated rings. The number of fused-ring (bicyclic) bond motifs is 1. The van der Waals surface area contributed by atoms with Crippen molar-refractivity contribution in [3.63, 3.8) is 0 Å². The quantitative estimate of drug-likeness (QED) is 0.790. The average molecular weight is 254 g/mol. The molecule has 0 amide bonds. The molecule has 0 unspecified atom stereocenters. The Morgan fingerprint density at radius 3 is 2.89 bits per heavy atom. The van der Waals surface area contributed by atoms with E-state index in [0.29, 0.717) is 18.0 Å². The fraction of sp³-hybridized carbons (Fsp3) is 0.200. The number of hydrogen-bond acceptors (Lipinski definition) is 4. The lowest BCUT2D eigenvalue weighted by molar-refractivity contribution is 0.101. The minimum Gasteiger partial charge on any atom is -0.469 e. The minimum absolute atomic E-state index is 0.000379. The molecular weight excluding hydrogens is 240 g/mol. The standard InChI is InChI=1S/C15H14N2O2/c1-11(18)13-7-14-15(16-8-13)17(10-19-14)9-12-5-3-2-4-6-12/h2-8H,9-10H2,1H3. The summed E-state index contributed by atoms with van der Waals surface area (Å²) >= 11 is 0. The van der Waals surface area contributed by atoms with E-state index in [2.05, 4.69) is 22.0 Å². The van der Waals surface area contributed by atoms with Crippen molar-refractivity contribution in [1.29, 1.82) is 0 Å². The summed E-state index contributed by atoms with van der Waals surface area (Å²) in [6.45, 7) is 2.75. The van der Waals surface area contributed by atoms with Crippen molar-refractivity contribution in [3.8, 4) is 5.75 Å². The number of ketones is 1. The van der Waals surface area contributed by atoms with Crippen LogP contribution in [0.5, 0.6) is 5.75 Å². The van der Waals surface area contributed by atoms with Gasteiger partial charge in [0.2, 0.25) is 0 Å². The zero-order valence-corrected chi connectivity index (χ0v) is 10.7. The van der Waals surface area contributed by atoms with Gasteiger partial charge in [0.15, 0.2) is 24.1 Å². The van der Waals surface area contributed by atoms with E-state index in [9.17, 15) is 4.79 Å². The molecule has 2 heterocycles.